The van der Waals surface area contributed by atoms with Gasteiger partial charge in [-0.3, -0.25) is 4.79 Å². The lowest BCUT2D eigenvalue weighted by molar-refractivity contribution is -0.145. The number of aromatic nitrogens is 1. The van der Waals surface area contributed by atoms with Gasteiger partial charge in [0.15, 0.2) is 0 Å². The number of alkyl carbamates (subject to hydrolysis) is 1. The lowest BCUT2D eigenvalue weighted by atomic mass is 9.79. The van der Waals surface area contributed by atoms with Crippen molar-refractivity contribution in [3.05, 3.63) is 23.4 Å². The summed E-state index contributed by atoms with van der Waals surface area (Å²) in [4.78, 5) is 28.3. The summed E-state index contributed by atoms with van der Waals surface area (Å²) in [5.74, 6) is -0.210. The average molecular weight is 462 g/mol. The van der Waals surface area contributed by atoms with E-state index in [0.29, 0.717) is 12.5 Å². The van der Waals surface area contributed by atoms with Gasteiger partial charge in [-0.25, -0.2) is 9.78 Å². The number of nitrogens with one attached hydrogen (secondary N) is 2. The molecule has 2 aliphatic rings. The molecule has 0 spiro atoms. The minimum atomic E-state index is -0.944. The molecule has 8 nitrogen and oxygen atoms in total. The van der Waals surface area contributed by atoms with Crippen molar-refractivity contribution >= 4 is 17.9 Å². The highest BCUT2D eigenvalue weighted by atomic mass is 16.6. The maximum atomic E-state index is 11.8. The summed E-state index contributed by atoms with van der Waals surface area (Å²) in [6, 6.07) is 4.35. The van der Waals surface area contributed by atoms with Crippen LogP contribution in [0.5, 0.6) is 0 Å². The SMILES string of the molecule is CC(COC1CC(CCc2ccc3c(n2)NCCC3)C1)C(CNC(=O)OC(C)(C)C)C(=O)O. The van der Waals surface area contributed by atoms with Crippen LogP contribution in [0.15, 0.2) is 12.1 Å². The molecule has 0 radical (unpaired) electrons. The van der Waals surface area contributed by atoms with Gasteiger partial charge in [-0.1, -0.05) is 13.0 Å². The molecule has 0 saturated heterocycles. The second-order valence-corrected chi connectivity index (χ2v) is 10.5. The largest absolute Gasteiger partial charge is 0.481 e. The zero-order valence-electron chi connectivity index (χ0n) is 20.4. The number of rotatable bonds is 10. The molecule has 2 atom stereocenters. The average Bonchev–Trinajstić information content (AvgIpc) is 2.70. The predicted molar refractivity (Wildman–Crippen MR) is 126 cm³/mol. The fraction of sp³-hybridized carbons (Fsp3) is 0.720. The Morgan fingerprint density at radius 1 is 1.30 bits per heavy atom. The monoisotopic (exact) mass is 461 g/mol. The zero-order valence-corrected chi connectivity index (χ0v) is 20.4. The molecule has 1 aliphatic heterocycles. The quantitative estimate of drug-likeness (QED) is 0.482. The predicted octanol–water partition coefficient (Wildman–Crippen LogP) is 4.03. The Morgan fingerprint density at radius 2 is 2.06 bits per heavy atom. The number of nitrogens with zero attached hydrogens (tertiary/aromatic N) is 1. The second kappa shape index (κ2) is 11.2. The number of aliphatic carboxylic acids is 1. The number of anilines is 1. The fourth-order valence-corrected chi connectivity index (χ4v) is 4.35. The maximum absolute atomic E-state index is 11.8. The van der Waals surface area contributed by atoms with Crippen LogP contribution >= 0.6 is 0 Å². The Hall–Kier alpha value is -2.35. The van der Waals surface area contributed by atoms with Crippen molar-refractivity contribution in [3.8, 4) is 0 Å². The number of ether oxygens (including phenoxy) is 2. The number of aryl methyl sites for hydroxylation is 2. The summed E-state index contributed by atoms with van der Waals surface area (Å²) >= 11 is 0. The number of carboxylic acid groups (broad SMARTS) is 1. The van der Waals surface area contributed by atoms with Crippen LogP contribution in [-0.4, -0.2) is 53.6 Å². The fourth-order valence-electron chi connectivity index (χ4n) is 4.35. The molecule has 1 aromatic rings. The summed E-state index contributed by atoms with van der Waals surface area (Å²) < 4.78 is 11.2. The van der Waals surface area contributed by atoms with Crippen LogP contribution in [0.2, 0.25) is 0 Å². The van der Waals surface area contributed by atoms with Crippen LogP contribution in [0.25, 0.3) is 0 Å². The van der Waals surface area contributed by atoms with Crippen molar-refractivity contribution < 1.29 is 24.2 Å². The molecule has 1 fully saturated rings. The maximum Gasteiger partial charge on any atom is 0.407 e. The number of fused-ring (bicyclic) bond motifs is 1. The van der Waals surface area contributed by atoms with Crippen molar-refractivity contribution in [1.29, 1.82) is 0 Å². The minimum Gasteiger partial charge on any atom is -0.481 e. The molecule has 33 heavy (non-hydrogen) atoms. The molecule has 8 heteroatoms. The third-order valence-electron chi connectivity index (χ3n) is 6.42. The van der Waals surface area contributed by atoms with Gasteiger partial charge in [0, 0.05) is 18.8 Å². The van der Waals surface area contributed by atoms with Crippen molar-refractivity contribution in [2.75, 3.05) is 25.0 Å². The van der Waals surface area contributed by atoms with E-state index in [1.54, 1.807) is 20.8 Å². The normalized spacial score (nSPS) is 21.7. The van der Waals surface area contributed by atoms with E-state index in [9.17, 15) is 14.7 Å². The van der Waals surface area contributed by atoms with E-state index in [4.69, 9.17) is 14.5 Å². The van der Waals surface area contributed by atoms with Gasteiger partial charge in [0.25, 0.3) is 0 Å². The molecule has 1 aromatic heterocycles. The minimum absolute atomic E-state index is 0.0186. The van der Waals surface area contributed by atoms with Crippen LogP contribution in [0.4, 0.5) is 10.6 Å². The van der Waals surface area contributed by atoms with Crippen molar-refractivity contribution in [2.45, 2.75) is 77.9 Å². The first kappa shape index (κ1) is 25.3. The highest BCUT2D eigenvalue weighted by molar-refractivity contribution is 5.73. The number of amides is 1. The summed E-state index contributed by atoms with van der Waals surface area (Å²) in [6.45, 7) is 8.54. The Morgan fingerprint density at radius 3 is 2.76 bits per heavy atom. The van der Waals surface area contributed by atoms with Crippen molar-refractivity contribution in [2.24, 2.45) is 17.8 Å². The first-order chi connectivity index (χ1) is 15.6. The van der Waals surface area contributed by atoms with E-state index in [-0.39, 0.29) is 18.6 Å². The van der Waals surface area contributed by atoms with Crippen LogP contribution in [0.3, 0.4) is 0 Å². The van der Waals surface area contributed by atoms with E-state index in [1.165, 1.54) is 12.0 Å². The Bertz CT molecular complexity index is 817. The van der Waals surface area contributed by atoms with E-state index < -0.39 is 23.6 Å². The van der Waals surface area contributed by atoms with Crippen molar-refractivity contribution in [1.82, 2.24) is 10.3 Å². The molecule has 2 heterocycles. The number of hydrogen-bond acceptors (Lipinski definition) is 6. The third-order valence-corrected chi connectivity index (χ3v) is 6.42. The first-order valence-corrected chi connectivity index (χ1v) is 12.1. The highest BCUT2D eigenvalue weighted by Gasteiger charge is 2.32. The van der Waals surface area contributed by atoms with Crippen LogP contribution in [-0.2, 0) is 27.1 Å². The number of carbonyl (C=O) groups is 2. The van der Waals surface area contributed by atoms with Gasteiger partial charge >= 0.3 is 12.1 Å². The van der Waals surface area contributed by atoms with E-state index >= 15 is 0 Å². The van der Waals surface area contributed by atoms with Gasteiger partial charge in [-0.15, -0.1) is 0 Å². The van der Waals surface area contributed by atoms with Gasteiger partial charge in [-0.05, 0) is 82.8 Å². The standard InChI is InChI=1S/C25H39N3O5/c1-16(21(23(29)30)14-27-24(31)33-25(2,3)4)15-32-20-12-17(13-20)7-9-19-10-8-18-6-5-11-26-22(18)28-19/h8,10,16-17,20-21H,5-7,9,11-15H2,1-4H3,(H,26,28)(H,27,31)(H,29,30). The lowest BCUT2D eigenvalue weighted by Gasteiger charge is -2.36. The molecule has 2 unspecified atom stereocenters. The van der Waals surface area contributed by atoms with Crippen LogP contribution in [0.1, 0.15) is 64.6 Å². The number of carbonyl (C=O) groups excluding carboxylic acids is 1. The molecule has 3 rings (SSSR count). The smallest absolute Gasteiger partial charge is 0.407 e. The Kier molecular flexibility index (Phi) is 8.57. The summed E-state index contributed by atoms with van der Waals surface area (Å²) in [6.07, 6.45) is 5.93. The number of hydrogen-bond donors (Lipinski definition) is 3. The molecule has 0 bridgehead atoms. The summed E-state index contributed by atoms with van der Waals surface area (Å²) in [5, 5.41) is 15.5. The molecule has 1 amide bonds. The Balaban J connectivity index is 1.34. The van der Waals surface area contributed by atoms with Crippen molar-refractivity contribution in [3.63, 3.8) is 0 Å². The lowest BCUT2D eigenvalue weighted by Crippen LogP contribution is -2.41. The molecular weight excluding hydrogens is 422 g/mol. The molecular formula is C25H39N3O5. The molecule has 1 aliphatic carbocycles. The molecule has 3 N–H and O–H groups in total. The van der Waals surface area contributed by atoms with E-state index in [2.05, 4.69) is 22.8 Å². The molecule has 0 aromatic carbocycles. The van der Waals surface area contributed by atoms with Gasteiger partial charge in [0.1, 0.15) is 11.4 Å². The van der Waals surface area contributed by atoms with E-state index in [1.807, 2.05) is 6.92 Å². The summed E-state index contributed by atoms with van der Waals surface area (Å²) in [7, 11) is 0. The zero-order chi connectivity index (χ0) is 24.0. The first-order valence-electron chi connectivity index (χ1n) is 12.1. The topological polar surface area (TPSA) is 110 Å². The van der Waals surface area contributed by atoms with Gasteiger partial charge in [0.05, 0.1) is 18.6 Å². The molecule has 1 saturated carbocycles. The van der Waals surface area contributed by atoms with Crippen LogP contribution < -0.4 is 10.6 Å². The number of pyridine rings is 1. The highest BCUT2D eigenvalue weighted by Crippen LogP contribution is 2.34. The Labute approximate surface area is 196 Å². The summed E-state index contributed by atoms with van der Waals surface area (Å²) in [5.41, 5.74) is 1.84. The van der Waals surface area contributed by atoms with Gasteiger partial charge in [-0.2, -0.15) is 0 Å². The van der Waals surface area contributed by atoms with Gasteiger partial charge < -0.3 is 25.2 Å². The second-order valence-electron chi connectivity index (χ2n) is 10.5. The van der Waals surface area contributed by atoms with Gasteiger partial charge in [0.2, 0.25) is 0 Å². The van der Waals surface area contributed by atoms with E-state index in [0.717, 1.165) is 50.2 Å². The van der Waals surface area contributed by atoms with Crippen LogP contribution in [0, 0.1) is 17.8 Å². The number of carboxylic acids is 1. The molecule has 184 valence electrons. The third kappa shape index (κ3) is 7.88.